The second-order valence-corrected chi connectivity index (χ2v) is 3.67. The summed E-state index contributed by atoms with van der Waals surface area (Å²) in [7, 11) is 0. The maximum atomic E-state index is 8.76. The zero-order chi connectivity index (χ0) is 10.7. The summed E-state index contributed by atoms with van der Waals surface area (Å²) in [6, 6.07) is 16.6. The van der Waals surface area contributed by atoms with Crippen LogP contribution in [0, 0.1) is 24.2 Å². The number of hydrogen-bond donors (Lipinski definition) is 0. The van der Waals surface area contributed by atoms with E-state index in [2.05, 4.69) is 37.3 Å². The largest absolute Gasteiger partial charge is 0.198 e. The number of nitriles is 1. The number of benzene rings is 2. The Balaban J connectivity index is 2.48. The van der Waals surface area contributed by atoms with Crippen molar-refractivity contribution in [2.24, 2.45) is 5.92 Å². The van der Waals surface area contributed by atoms with E-state index in [0.29, 0.717) is 0 Å². The van der Waals surface area contributed by atoms with E-state index in [4.69, 9.17) is 5.26 Å². The first-order valence-electron chi connectivity index (χ1n) is 5.00. The zero-order valence-corrected chi connectivity index (χ0v) is 8.48. The number of hydrogen-bond acceptors (Lipinski definition) is 1. The second kappa shape index (κ2) is 4.14. The lowest BCUT2D eigenvalue weighted by Gasteiger charge is -2.07. The molecule has 1 atom stereocenters. The molecule has 1 nitrogen and oxygen atoms in total. The van der Waals surface area contributed by atoms with Gasteiger partial charge in [0.1, 0.15) is 0 Å². The molecule has 0 amide bonds. The third-order valence-corrected chi connectivity index (χ3v) is 2.53. The monoisotopic (exact) mass is 194 g/mol. The van der Waals surface area contributed by atoms with Gasteiger partial charge in [-0.15, -0.1) is 0 Å². The predicted molar refractivity (Wildman–Crippen MR) is 62.1 cm³/mol. The van der Waals surface area contributed by atoms with Crippen LogP contribution in [-0.4, -0.2) is 0 Å². The summed E-state index contributed by atoms with van der Waals surface area (Å²) in [4.78, 5) is 0. The van der Waals surface area contributed by atoms with Crippen LogP contribution in [0.4, 0.5) is 0 Å². The van der Waals surface area contributed by atoms with Crippen molar-refractivity contribution in [3.05, 3.63) is 55.0 Å². The van der Waals surface area contributed by atoms with Crippen LogP contribution in [0.2, 0.25) is 0 Å². The molecule has 0 spiro atoms. The number of fused-ring (bicyclic) bond motifs is 1. The van der Waals surface area contributed by atoms with Crippen molar-refractivity contribution in [1.82, 2.24) is 0 Å². The van der Waals surface area contributed by atoms with E-state index in [0.717, 1.165) is 6.42 Å². The van der Waals surface area contributed by atoms with Gasteiger partial charge < -0.3 is 0 Å². The SMILES string of the molecule is [CH2]C(C#N)Cc1cccc2ccccc12. The van der Waals surface area contributed by atoms with Crippen LogP contribution in [0.15, 0.2) is 42.5 Å². The summed E-state index contributed by atoms with van der Waals surface area (Å²) in [5.41, 5.74) is 1.20. The lowest BCUT2D eigenvalue weighted by Crippen LogP contribution is -1.97. The van der Waals surface area contributed by atoms with E-state index in [-0.39, 0.29) is 5.92 Å². The summed E-state index contributed by atoms with van der Waals surface area (Å²) in [5.74, 6) is -0.171. The lowest BCUT2D eigenvalue weighted by molar-refractivity contribution is 0.821. The smallest absolute Gasteiger partial charge is 0.0659 e. The molecule has 73 valence electrons. The summed E-state index contributed by atoms with van der Waals surface area (Å²) in [6.07, 6.45) is 0.720. The molecule has 2 aromatic rings. The minimum Gasteiger partial charge on any atom is -0.198 e. The van der Waals surface area contributed by atoms with Crippen molar-refractivity contribution in [2.45, 2.75) is 6.42 Å². The Morgan fingerprint density at radius 3 is 2.67 bits per heavy atom. The van der Waals surface area contributed by atoms with Crippen LogP contribution < -0.4 is 0 Å². The summed E-state index contributed by atoms with van der Waals surface area (Å²) in [5, 5.41) is 11.2. The van der Waals surface area contributed by atoms with Crippen molar-refractivity contribution in [2.75, 3.05) is 0 Å². The normalized spacial score (nSPS) is 12.3. The summed E-state index contributed by atoms with van der Waals surface area (Å²) >= 11 is 0. The van der Waals surface area contributed by atoms with Gasteiger partial charge in [-0.05, 0) is 29.7 Å². The average molecular weight is 194 g/mol. The Labute approximate surface area is 90.0 Å². The number of rotatable bonds is 2. The van der Waals surface area contributed by atoms with Crippen LogP contribution in [0.5, 0.6) is 0 Å². The highest BCUT2D eigenvalue weighted by molar-refractivity contribution is 5.85. The van der Waals surface area contributed by atoms with Gasteiger partial charge in [0.05, 0.1) is 12.0 Å². The van der Waals surface area contributed by atoms with Crippen molar-refractivity contribution >= 4 is 10.8 Å². The van der Waals surface area contributed by atoms with E-state index in [1.807, 2.05) is 18.2 Å². The van der Waals surface area contributed by atoms with Crippen molar-refractivity contribution in [3.63, 3.8) is 0 Å². The molecule has 0 aliphatic carbocycles. The van der Waals surface area contributed by atoms with E-state index in [1.54, 1.807) is 0 Å². The van der Waals surface area contributed by atoms with Crippen molar-refractivity contribution < 1.29 is 0 Å². The zero-order valence-electron chi connectivity index (χ0n) is 8.48. The first kappa shape index (κ1) is 9.73. The third-order valence-electron chi connectivity index (χ3n) is 2.53. The van der Waals surface area contributed by atoms with E-state index in [9.17, 15) is 0 Å². The Morgan fingerprint density at radius 1 is 1.13 bits per heavy atom. The highest BCUT2D eigenvalue weighted by Crippen LogP contribution is 2.20. The molecule has 1 unspecified atom stereocenters. The van der Waals surface area contributed by atoms with Crippen LogP contribution in [0.3, 0.4) is 0 Å². The van der Waals surface area contributed by atoms with E-state index < -0.39 is 0 Å². The van der Waals surface area contributed by atoms with Gasteiger partial charge in [-0.2, -0.15) is 5.26 Å². The van der Waals surface area contributed by atoms with E-state index >= 15 is 0 Å². The van der Waals surface area contributed by atoms with Crippen molar-refractivity contribution in [1.29, 1.82) is 5.26 Å². The Hall–Kier alpha value is -1.81. The average Bonchev–Trinajstić information content (AvgIpc) is 2.29. The second-order valence-electron chi connectivity index (χ2n) is 3.67. The molecule has 0 aliphatic heterocycles. The van der Waals surface area contributed by atoms with Crippen LogP contribution in [-0.2, 0) is 6.42 Å². The molecule has 0 saturated carbocycles. The van der Waals surface area contributed by atoms with Gasteiger partial charge >= 0.3 is 0 Å². The first-order chi connectivity index (χ1) is 7.31. The topological polar surface area (TPSA) is 23.8 Å². The summed E-state index contributed by atoms with van der Waals surface area (Å²) in [6.45, 7) is 3.80. The summed E-state index contributed by atoms with van der Waals surface area (Å²) < 4.78 is 0. The maximum Gasteiger partial charge on any atom is 0.0659 e. The Kier molecular flexibility index (Phi) is 2.69. The lowest BCUT2D eigenvalue weighted by atomic mass is 9.97. The molecule has 15 heavy (non-hydrogen) atoms. The standard InChI is InChI=1S/C14H12N/c1-11(10-15)9-13-7-4-6-12-5-2-3-8-14(12)13/h2-8,11H,1,9H2. The maximum absolute atomic E-state index is 8.76. The third kappa shape index (κ3) is 1.99. The molecule has 0 aromatic heterocycles. The van der Waals surface area contributed by atoms with Gasteiger partial charge in [0.15, 0.2) is 0 Å². The van der Waals surface area contributed by atoms with Gasteiger partial charge in [-0.25, -0.2) is 0 Å². The quantitative estimate of drug-likeness (QED) is 0.719. The van der Waals surface area contributed by atoms with Gasteiger partial charge in [-0.3, -0.25) is 0 Å². The molecular formula is C14H12N. The minimum absolute atomic E-state index is 0.171. The fraction of sp³-hybridized carbons (Fsp3) is 0.143. The highest BCUT2D eigenvalue weighted by atomic mass is 14.3. The highest BCUT2D eigenvalue weighted by Gasteiger charge is 2.04. The molecule has 0 fully saturated rings. The Morgan fingerprint density at radius 2 is 1.87 bits per heavy atom. The van der Waals surface area contributed by atoms with Gasteiger partial charge in [-0.1, -0.05) is 42.5 Å². The fourth-order valence-electron chi connectivity index (χ4n) is 1.78. The fourth-order valence-corrected chi connectivity index (χ4v) is 1.78. The molecule has 0 N–H and O–H groups in total. The number of nitrogens with zero attached hydrogens (tertiary/aromatic N) is 1. The molecule has 2 rings (SSSR count). The molecule has 0 bridgehead atoms. The van der Waals surface area contributed by atoms with Gasteiger partial charge in [0.2, 0.25) is 0 Å². The molecule has 0 heterocycles. The molecule has 2 aromatic carbocycles. The first-order valence-corrected chi connectivity index (χ1v) is 5.00. The molecule has 0 aliphatic rings. The Bertz CT molecular complexity index is 503. The van der Waals surface area contributed by atoms with Gasteiger partial charge in [0, 0.05) is 0 Å². The molecule has 1 radical (unpaired) electrons. The van der Waals surface area contributed by atoms with Crippen LogP contribution in [0.25, 0.3) is 10.8 Å². The van der Waals surface area contributed by atoms with Crippen LogP contribution in [0.1, 0.15) is 5.56 Å². The van der Waals surface area contributed by atoms with Crippen molar-refractivity contribution in [3.8, 4) is 6.07 Å². The molecular weight excluding hydrogens is 182 g/mol. The van der Waals surface area contributed by atoms with Gasteiger partial charge in [0.25, 0.3) is 0 Å². The molecule has 1 heteroatoms. The van der Waals surface area contributed by atoms with E-state index in [1.165, 1.54) is 16.3 Å². The molecule has 0 saturated heterocycles. The van der Waals surface area contributed by atoms with Crippen LogP contribution >= 0.6 is 0 Å². The minimum atomic E-state index is -0.171. The predicted octanol–water partition coefficient (Wildman–Crippen LogP) is 3.36.